The lowest BCUT2D eigenvalue weighted by atomic mass is 10.1. The van der Waals surface area contributed by atoms with E-state index in [1.165, 1.54) is 36.4 Å². The Hall–Kier alpha value is -2.89. The van der Waals surface area contributed by atoms with Crippen LogP contribution in [-0.4, -0.2) is 22.1 Å². The highest BCUT2D eigenvalue weighted by atomic mass is 19.1. The third kappa shape index (κ3) is 2.74. The van der Waals surface area contributed by atoms with E-state index in [0.717, 1.165) is 6.07 Å². The zero-order valence-corrected chi connectivity index (χ0v) is 10.1. The van der Waals surface area contributed by atoms with Crippen molar-refractivity contribution in [2.75, 3.05) is 5.32 Å². The first-order chi connectivity index (χ1) is 9.49. The van der Waals surface area contributed by atoms with Crippen molar-refractivity contribution in [3.8, 4) is 5.75 Å². The molecule has 0 unspecified atom stereocenters. The van der Waals surface area contributed by atoms with E-state index in [0.29, 0.717) is 0 Å². The van der Waals surface area contributed by atoms with Gasteiger partial charge in [0.1, 0.15) is 17.1 Å². The fourth-order valence-electron chi connectivity index (χ4n) is 1.69. The van der Waals surface area contributed by atoms with Crippen molar-refractivity contribution in [1.82, 2.24) is 0 Å². The highest BCUT2D eigenvalue weighted by Gasteiger charge is 2.17. The number of rotatable bonds is 3. The second-order valence-electron chi connectivity index (χ2n) is 3.97. The van der Waals surface area contributed by atoms with E-state index in [4.69, 9.17) is 5.11 Å². The molecule has 1 amide bonds. The lowest BCUT2D eigenvalue weighted by molar-refractivity contribution is 0.0693. The number of carboxylic acid groups (broad SMARTS) is 1. The summed E-state index contributed by atoms with van der Waals surface area (Å²) in [6.45, 7) is 0. The van der Waals surface area contributed by atoms with Crippen molar-refractivity contribution < 1.29 is 24.2 Å². The summed E-state index contributed by atoms with van der Waals surface area (Å²) in [5.41, 5.74) is -0.627. The fraction of sp³-hybridized carbons (Fsp3) is 0. The number of carbonyl (C=O) groups excluding carboxylic acids is 1. The van der Waals surface area contributed by atoms with Crippen LogP contribution in [0.5, 0.6) is 5.75 Å². The molecule has 6 heteroatoms. The molecular formula is C14H10FNO4. The van der Waals surface area contributed by atoms with Crippen LogP contribution in [0.2, 0.25) is 0 Å². The van der Waals surface area contributed by atoms with Crippen LogP contribution in [0.4, 0.5) is 10.1 Å². The molecule has 0 spiro atoms. The van der Waals surface area contributed by atoms with Gasteiger partial charge in [0.25, 0.3) is 5.91 Å². The molecule has 3 N–H and O–H groups in total. The number of phenols is 1. The second kappa shape index (κ2) is 5.40. The maximum atomic E-state index is 13.4. The number of aromatic hydroxyl groups is 1. The van der Waals surface area contributed by atoms with Crippen LogP contribution in [0.3, 0.4) is 0 Å². The molecule has 0 saturated heterocycles. The Balaban J connectivity index is 2.33. The summed E-state index contributed by atoms with van der Waals surface area (Å²) >= 11 is 0. The van der Waals surface area contributed by atoms with Crippen LogP contribution in [0, 0.1) is 5.82 Å². The van der Waals surface area contributed by atoms with Crippen LogP contribution >= 0.6 is 0 Å². The van der Waals surface area contributed by atoms with Crippen molar-refractivity contribution in [2.24, 2.45) is 0 Å². The number of halogens is 1. The summed E-state index contributed by atoms with van der Waals surface area (Å²) in [7, 11) is 0. The zero-order valence-electron chi connectivity index (χ0n) is 10.1. The van der Waals surface area contributed by atoms with E-state index < -0.39 is 23.3 Å². The number of hydrogen-bond acceptors (Lipinski definition) is 3. The summed E-state index contributed by atoms with van der Waals surface area (Å²) < 4.78 is 13.4. The summed E-state index contributed by atoms with van der Waals surface area (Å²) in [4.78, 5) is 22.9. The molecule has 0 aliphatic heterocycles. The molecule has 0 radical (unpaired) electrons. The number of benzene rings is 2. The lowest BCUT2D eigenvalue weighted by Crippen LogP contribution is -2.15. The van der Waals surface area contributed by atoms with Gasteiger partial charge in [0.05, 0.1) is 5.69 Å². The Labute approximate surface area is 113 Å². The van der Waals surface area contributed by atoms with E-state index in [9.17, 15) is 19.1 Å². The van der Waals surface area contributed by atoms with Gasteiger partial charge in [-0.2, -0.15) is 0 Å². The van der Waals surface area contributed by atoms with Crippen molar-refractivity contribution in [1.29, 1.82) is 0 Å². The van der Waals surface area contributed by atoms with Crippen molar-refractivity contribution in [3.63, 3.8) is 0 Å². The average molecular weight is 275 g/mol. The van der Waals surface area contributed by atoms with E-state index >= 15 is 0 Å². The first-order valence-corrected chi connectivity index (χ1v) is 5.61. The van der Waals surface area contributed by atoms with E-state index in [2.05, 4.69) is 5.32 Å². The first-order valence-electron chi connectivity index (χ1n) is 5.61. The molecular weight excluding hydrogens is 265 g/mol. The van der Waals surface area contributed by atoms with Crippen molar-refractivity contribution >= 4 is 17.6 Å². The molecule has 102 valence electrons. The number of aromatic carboxylic acids is 1. The van der Waals surface area contributed by atoms with Crippen molar-refractivity contribution in [2.45, 2.75) is 0 Å². The SMILES string of the molecule is O=C(Nc1cccc(F)c1C(=O)O)c1cccc(O)c1. The second-order valence-corrected chi connectivity index (χ2v) is 3.97. The lowest BCUT2D eigenvalue weighted by Gasteiger charge is -2.09. The Morgan fingerprint density at radius 3 is 2.45 bits per heavy atom. The van der Waals surface area contributed by atoms with Crippen LogP contribution in [-0.2, 0) is 0 Å². The van der Waals surface area contributed by atoms with E-state index in [-0.39, 0.29) is 17.0 Å². The Morgan fingerprint density at radius 2 is 1.80 bits per heavy atom. The monoisotopic (exact) mass is 275 g/mol. The van der Waals surface area contributed by atoms with Gasteiger partial charge in [-0.3, -0.25) is 4.79 Å². The molecule has 0 heterocycles. The van der Waals surface area contributed by atoms with Gasteiger partial charge >= 0.3 is 5.97 Å². The quantitative estimate of drug-likeness (QED) is 0.803. The van der Waals surface area contributed by atoms with Gasteiger partial charge in [0.2, 0.25) is 0 Å². The van der Waals surface area contributed by atoms with Gasteiger partial charge in [-0.05, 0) is 30.3 Å². The third-order valence-electron chi connectivity index (χ3n) is 2.58. The number of carbonyl (C=O) groups is 2. The maximum Gasteiger partial charge on any atom is 0.340 e. The topological polar surface area (TPSA) is 86.6 Å². The molecule has 0 saturated carbocycles. The van der Waals surface area contributed by atoms with Gasteiger partial charge < -0.3 is 15.5 Å². The maximum absolute atomic E-state index is 13.4. The minimum Gasteiger partial charge on any atom is -0.508 e. The third-order valence-corrected chi connectivity index (χ3v) is 2.58. The molecule has 0 bridgehead atoms. The summed E-state index contributed by atoms with van der Waals surface area (Å²) in [5, 5.41) is 20.5. The summed E-state index contributed by atoms with van der Waals surface area (Å²) in [5.74, 6) is -3.16. The Kier molecular flexibility index (Phi) is 3.65. The number of amides is 1. The van der Waals surface area contributed by atoms with E-state index in [1.807, 2.05) is 0 Å². The van der Waals surface area contributed by atoms with Gasteiger partial charge in [-0.15, -0.1) is 0 Å². The number of nitrogens with one attached hydrogen (secondary N) is 1. The molecule has 0 aromatic heterocycles. The fourth-order valence-corrected chi connectivity index (χ4v) is 1.69. The van der Waals surface area contributed by atoms with Gasteiger partial charge in [0, 0.05) is 5.56 Å². The molecule has 0 atom stereocenters. The molecule has 2 aromatic rings. The zero-order chi connectivity index (χ0) is 14.7. The number of phenolic OH excluding ortho intramolecular Hbond substituents is 1. The highest BCUT2D eigenvalue weighted by molar-refractivity contribution is 6.07. The minimum absolute atomic E-state index is 0.102. The largest absolute Gasteiger partial charge is 0.508 e. The number of carboxylic acids is 1. The molecule has 0 aliphatic carbocycles. The predicted molar refractivity (Wildman–Crippen MR) is 69.4 cm³/mol. The Morgan fingerprint density at radius 1 is 1.10 bits per heavy atom. The summed E-state index contributed by atoms with van der Waals surface area (Å²) in [6, 6.07) is 9.08. The van der Waals surface area contributed by atoms with Crippen molar-refractivity contribution in [3.05, 3.63) is 59.4 Å². The van der Waals surface area contributed by atoms with Gasteiger partial charge in [-0.25, -0.2) is 9.18 Å². The molecule has 2 aromatic carbocycles. The van der Waals surface area contributed by atoms with Gasteiger partial charge in [-0.1, -0.05) is 12.1 Å². The Bertz CT molecular complexity index is 685. The number of hydrogen-bond donors (Lipinski definition) is 3. The van der Waals surface area contributed by atoms with Gasteiger partial charge in [0.15, 0.2) is 0 Å². The summed E-state index contributed by atoms with van der Waals surface area (Å²) in [6.07, 6.45) is 0. The molecule has 2 rings (SSSR count). The van der Waals surface area contributed by atoms with Crippen LogP contribution in [0.15, 0.2) is 42.5 Å². The molecule has 0 fully saturated rings. The molecule has 20 heavy (non-hydrogen) atoms. The van der Waals surface area contributed by atoms with Crippen LogP contribution in [0.1, 0.15) is 20.7 Å². The molecule has 0 aliphatic rings. The average Bonchev–Trinajstić information content (AvgIpc) is 2.38. The minimum atomic E-state index is -1.48. The van der Waals surface area contributed by atoms with E-state index in [1.54, 1.807) is 0 Å². The standard InChI is InChI=1S/C14H10FNO4/c15-10-5-2-6-11(12(10)14(19)20)16-13(18)8-3-1-4-9(17)7-8/h1-7,17H,(H,16,18)(H,19,20). The molecule has 5 nitrogen and oxygen atoms in total. The predicted octanol–water partition coefficient (Wildman–Crippen LogP) is 2.48. The highest BCUT2D eigenvalue weighted by Crippen LogP contribution is 2.20. The van der Waals surface area contributed by atoms with Crippen LogP contribution < -0.4 is 5.32 Å². The normalized spacial score (nSPS) is 10.1. The first kappa shape index (κ1) is 13.5. The number of anilines is 1. The smallest absolute Gasteiger partial charge is 0.340 e. The van der Waals surface area contributed by atoms with Crippen LogP contribution in [0.25, 0.3) is 0 Å².